The lowest BCUT2D eigenvalue weighted by Crippen LogP contribution is -2.45. The van der Waals surface area contributed by atoms with Gasteiger partial charge in [-0.25, -0.2) is 15.0 Å². The molecule has 1 aromatic carbocycles. The molecule has 0 radical (unpaired) electrons. The third-order valence-corrected chi connectivity index (χ3v) is 7.27. The fraction of sp³-hybridized carbons (Fsp3) is 0.296. The van der Waals surface area contributed by atoms with Crippen LogP contribution in [0.1, 0.15) is 5.56 Å². The molecular weight excluding hydrogens is 571 g/mol. The molecule has 12 nitrogen and oxygen atoms in total. The van der Waals surface area contributed by atoms with Crippen LogP contribution in [0.5, 0.6) is 11.5 Å². The minimum atomic E-state index is -0.281. The lowest BCUT2D eigenvalue weighted by molar-refractivity contribution is -0.117. The van der Waals surface area contributed by atoms with Gasteiger partial charge in [0, 0.05) is 48.6 Å². The van der Waals surface area contributed by atoms with Crippen molar-refractivity contribution in [3.8, 4) is 22.8 Å². The number of halogens is 2. The number of amides is 1. The molecule has 0 unspecified atom stereocenters. The molecule has 4 heterocycles. The van der Waals surface area contributed by atoms with Crippen LogP contribution in [0.4, 0.5) is 11.8 Å². The summed E-state index contributed by atoms with van der Waals surface area (Å²) in [5.41, 5.74) is 2.42. The van der Waals surface area contributed by atoms with Crippen LogP contribution in [0, 0.1) is 0 Å². The first-order valence-electron chi connectivity index (χ1n) is 12.6. The normalized spacial score (nSPS) is 16.4. The second-order valence-electron chi connectivity index (χ2n) is 9.25. The van der Waals surface area contributed by atoms with Crippen molar-refractivity contribution in [1.82, 2.24) is 30.0 Å². The van der Waals surface area contributed by atoms with E-state index in [1.54, 1.807) is 29.2 Å². The number of methoxy groups -OCH3 is 2. The average molecular weight is 599 g/mol. The summed E-state index contributed by atoms with van der Waals surface area (Å²) in [4.78, 5) is 26.0. The molecule has 1 aliphatic rings. The quantitative estimate of drug-likeness (QED) is 0.231. The fourth-order valence-electron chi connectivity index (χ4n) is 4.47. The van der Waals surface area contributed by atoms with Crippen molar-refractivity contribution >= 4 is 51.8 Å². The Morgan fingerprint density at radius 1 is 1.15 bits per heavy atom. The van der Waals surface area contributed by atoms with Crippen LogP contribution in [0.25, 0.3) is 22.2 Å². The van der Waals surface area contributed by atoms with Crippen LogP contribution in [-0.2, 0) is 23.1 Å². The van der Waals surface area contributed by atoms with Crippen molar-refractivity contribution in [1.29, 1.82) is 0 Å². The van der Waals surface area contributed by atoms with Crippen molar-refractivity contribution in [2.24, 2.45) is 7.05 Å². The molecule has 0 bridgehead atoms. The predicted molar refractivity (Wildman–Crippen MR) is 157 cm³/mol. The fourth-order valence-corrected chi connectivity index (χ4v) is 5.16. The van der Waals surface area contributed by atoms with Gasteiger partial charge in [-0.05, 0) is 12.1 Å². The van der Waals surface area contributed by atoms with Crippen molar-refractivity contribution in [3.63, 3.8) is 0 Å². The average Bonchev–Trinajstić information content (AvgIpc) is 3.59. The number of anilines is 2. The largest absolute Gasteiger partial charge is 0.495 e. The maximum absolute atomic E-state index is 11.9. The summed E-state index contributed by atoms with van der Waals surface area (Å²) in [5.74, 6) is 1.32. The van der Waals surface area contributed by atoms with Crippen molar-refractivity contribution in [2.75, 3.05) is 38.1 Å². The number of rotatable bonds is 10. The Balaban J connectivity index is 1.56. The molecule has 14 heteroatoms. The molecule has 0 aliphatic carbocycles. The van der Waals surface area contributed by atoms with Gasteiger partial charge < -0.3 is 30.2 Å². The molecule has 0 saturated carbocycles. The van der Waals surface area contributed by atoms with Gasteiger partial charge in [0.25, 0.3) is 0 Å². The van der Waals surface area contributed by atoms with Gasteiger partial charge in [-0.3, -0.25) is 9.48 Å². The molecule has 3 N–H and O–H groups in total. The first kappa shape index (κ1) is 28.4. The van der Waals surface area contributed by atoms with Crippen LogP contribution < -0.4 is 25.4 Å². The molecule has 41 heavy (non-hydrogen) atoms. The van der Waals surface area contributed by atoms with Crippen LogP contribution in [0.2, 0.25) is 10.0 Å². The van der Waals surface area contributed by atoms with Crippen LogP contribution in [-0.4, -0.2) is 70.2 Å². The van der Waals surface area contributed by atoms with Gasteiger partial charge in [0.2, 0.25) is 11.9 Å². The minimum Gasteiger partial charge on any atom is -0.495 e. The van der Waals surface area contributed by atoms with E-state index in [1.807, 2.05) is 13.2 Å². The SMILES string of the molecule is C=CC(=O)N[C@H]1COC[C@H]1Nc1ncc2cc(-c3c(Cl)c(OC)cc(OC)c3Cl)nc(NCc3cnn(C)c3)c2n1. The lowest BCUT2D eigenvalue weighted by Gasteiger charge is -2.20. The Bertz CT molecular complexity index is 1580. The highest BCUT2D eigenvalue weighted by Crippen LogP contribution is 2.46. The summed E-state index contributed by atoms with van der Waals surface area (Å²) >= 11 is 13.4. The van der Waals surface area contributed by atoms with Crippen LogP contribution in [0.15, 0.2) is 43.4 Å². The number of nitrogens with one attached hydrogen (secondary N) is 3. The van der Waals surface area contributed by atoms with E-state index in [2.05, 4.69) is 32.6 Å². The van der Waals surface area contributed by atoms with Gasteiger partial charge >= 0.3 is 0 Å². The number of benzene rings is 1. The summed E-state index contributed by atoms with van der Waals surface area (Å²) in [7, 11) is 4.87. The van der Waals surface area contributed by atoms with Gasteiger partial charge in [-0.2, -0.15) is 5.10 Å². The number of hydrogen-bond acceptors (Lipinski definition) is 10. The third-order valence-electron chi connectivity index (χ3n) is 6.52. The van der Waals surface area contributed by atoms with Gasteiger partial charge in [-0.1, -0.05) is 29.8 Å². The molecule has 1 aliphatic heterocycles. The van der Waals surface area contributed by atoms with E-state index < -0.39 is 0 Å². The summed E-state index contributed by atoms with van der Waals surface area (Å²) in [6.45, 7) is 4.68. The summed E-state index contributed by atoms with van der Waals surface area (Å²) in [6, 6.07) is 2.91. The number of aromatic nitrogens is 5. The zero-order valence-corrected chi connectivity index (χ0v) is 24.1. The Kier molecular flexibility index (Phi) is 8.43. The molecule has 1 fully saturated rings. The number of carbonyl (C=O) groups is 1. The second kappa shape index (κ2) is 12.2. The molecule has 4 aromatic rings. The Hall–Kier alpha value is -4.13. The summed E-state index contributed by atoms with van der Waals surface area (Å²) < 4.78 is 18.2. The smallest absolute Gasteiger partial charge is 0.243 e. The first-order chi connectivity index (χ1) is 19.8. The highest BCUT2D eigenvalue weighted by atomic mass is 35.5. The van der Waals surface area contributed by atoms with Gasteiger partial charge in [-0.15, -0.1) is 0 Å². The maximum atomic E-state index is 11.9. The van der Waals surface area contributed by atoms with E-state index in [1.165, 1.54) is 20.3 Å². The van der Waals surface area contributed by atoms with E-state index in [-0.39, 0.29) is 28.0 Å². The molecule has 214 valence electrons. The molecule has 1 saturated heterocycles. The number of nitrogens with zero attached hydrogens (tertiary/aromatic N) is 5. The number of ether oxygens (including phenoxy) is 3. The molecular formula is C27H28Cl2N8O4. The number of carbonyl (C=O) groups excluding carboxylic acids is 1. The zero-order valence-electron chi connectivity index (χ0n) is 22.6. The number of aryl methyl sites for hydroxylation is 1. The first-order valence-corrected chi connectivity index (χ1v) is 13.3. The second-order valence-corrected chi connectivity index (χ2v) is 10.0. The maximum Gasteiger partial charge on any atom is 0.243 e. The van der Waals surface area contributed by atoms with E-state index in [4.69, 9.17) is 47.4 Å². The van der Waals surface area contributed by atoms with Gasteiger partial charge in [0.15, 0.2) is 5.82 Å². The monoisotopic (exact) mass is 598 g/mol. The van der Waals surface area contributed by atoms with E-state index in [0.29, 0.717) is 65.2 Å². The molecule has 2 atom stereocenters. The predicted octanol–water partition coefficient (Wildman–Crippen LogP) is 3.84. The highest BCUT2D eigenvalue weighted by molar-refractivity contribution is 6.41. The number of fused-ring (bicyclic) bond motifs is 1. The van der Waals surface area contributed by atoms with Crippen LogP contribution >= 0.6 is 23.2 Å². The van der Waals surface area contributed by atoms with Gasteiger partial charge in [0.1, 0.15) is 17.0 Å². The molecule has 0 spiro atoms. The van der Waals surface area contributed by atoms with Gasteiger partial charge in [0.05, 0.1) is 61.5 Å². The van der Waals surface area contributed by atoms with Crippen LogP contribution in [0.3, 0.4) is 0 Å². The third kappa shape index (κ3) is 5.99. The summed E-state index contributed by atoms with van der Waals surface area (Å²) in [5, 5.41) is 15.0. The number of hydrogen-bond donors (Lipinski definition) is 3. The minimum absolute atomic E-state index is 0.239. The number of pyridine rings is 1. The zero-order chi connectivity index (χ0) is 29.1. The van der Waals surface area contributed by atoms with E-state index >= 15 is 0 Å². The highest BCUT2D eigenvalue weighted by Gasteiger charge is 2.30. The lowest BCUT2D eigenvalue weighted by atomic mass is 10.1. The standard InChI is InChI=1S/C27H28Cl2N8O4/c1-5-21(38)33-17-12-41-13-18(17)35-27-31-10-15-6-16(22-23(28)19(39-3)7-20(40-4)24(22)29)34-26(25(15)36-27)30-8-14-9-32-37(2)11-14/h5-7,9-11,17-18H,1,8,12-13H2,2-4H3,(H,30,34)(H,33,38)(H,31,35,36)/t17-,18+/m0/s1. The molecule has 3 aromatic heterocycles. The summed E-state index contributed by atoms with van der Waals surface area (Å²) in [6.07, 6.45) is 6.57. The van der Waals surface area contributed by atoms with E-state index in [0.717, 1.165) is 5.56 Å². The van der Waals surface area contributed by atoms with E-state index in [9.17, 15) is 4.79 Å². The molecule has 5 rings (SSSR count). The van der Waals surface area contributed by atoms with Crippen molar-refractivity contribution in [3.05, 3.63) is 59.0 Å². The van der Waals surface area contributed by atoms with Crippen molar-refractivity contribution < 1.29 is 19.0 Å². The Morgan fingerprint density at radius 2 is 1.88 bits per heavy atom. The Morgan fingerprint density at radius 3 is 2.54 bits per heavy atom. The van der Waals surface area contributed by atoms with Crippen molar-refractivity contribution in [2.45, 2.75) is 18.6 Å². The molecule has 1 amide bonds. The Labute approximate surface area is 246 Å². The topological polar surface area (TPSA) is 137 Å².